The fourth-order valence-electron chi connectivity index (χ4n) is 2.42. The number of halogens is 3. The van der Waals surface area contributed by atoms with Crippen LogP contribution in [0.3, 0.4) is 0 Å². The van der Waals surface area contributed by atoms with E-state index >= 15 is 0 Å². The molecular weight excluding hydrogens is 347 g/mol. The van der Waals surface area contributed by atoms with Crippen LogP contribution < -0.4 is 9.47 Å². The first kappa shape index (κ1) is 22.1. The first-order valence-electron chi connectivity index (χ1n) is 8.63. The third-order valence-corrected chi connectivity index (χ3v) is 3.49. The zero-order valence-corrected chi connectivity index (χ0v) is 16.1. The van der Waals surface area contributed by atoms with Crippen molar-refractivity contribution in [1.29, 1.82) is 0 Å². The van der Waals surface area contributed by atoms with Gasteiger partial charge in [0.1, 0.15) is 6.54 Å². The van der Waals surface area contributed by atoms with Crippen molar-refractivity contribution in [1.82, 2.24) is 4.90 Å². The number of alkyl halides is 3. The summed E-state index contributed by atoms with van der Waals surface area (Å²) in [5.41, 5.74) is -0.327. The van der Waals surface area contributed by atoms with Gasteiger partial charge in [-0.2, -0.15) is 13.2 Å². The quantitative estimate of drug-likeness (QED) is 0.605. The number of rotatable bonds is 8. The smallest absolute Gasteiger partial charge is 0.406 e. The van der Waals surface area contributed by atoms with E-state index < -0.39 is 24.0 Å². The Morgan fingerprint density at radius 3 is 2.27 bits per heavy atom. The minimum Gasteiger partial charge on any atom is -0.493 e. The normalized spacial score (nSPS) is 12.0. The van der Waals surface area contributed by atoms with Crippen LogP contribution >= 0.6 is 0 Å². The summed E-state index contributed by atoms with van der Waals surface area (Å²) in [7, 11) is 1.43. The van der Waals surface area contributed by atoms with Crippen LogP contribution in [0.1, 0.15) is 50.9 Å². The molecule has 0 spiro atoms. The fourth-order valence-corrected chi connectivity index (χ4v) is 2.42. The average Bonchev–Trinajstić information content (AvgIpc) is 2.51. The largest absolute Gasteiger partial charge is 0.493 e. The third-order valence-electron chi connectivity index (χ3n) is 3.49. The van der Waals surface area contributed by atoms with Crippen molar-refractivity contribution in [2.45, 2.75) is 46.7 Å². The molecule has 1 amide bonds. The maximum absolute atomic E-state index is 12.9. The van der Waals surface area contributed by atoms with Crippen LogP contribution in [0.25, 0.3) is 0 Å². The molecule has 0 fully saturated rings. The van der Waals surface area contributed by atoms with Crippen molar-refractivity contribution < 1.29 is 27.4 Å². The molecule has 0 radical (unpaired) electrons. The molecule has 7 heteroatoms. The van der Waals surface area contributed by atoms with Crippen LogP contribution in [0, 0.1) is 5.41 Å². The van der Waals surface area contributed by atoms with Gasteiger partial charge in [0.25, 0.3) is 5.91 Å². The summed E-state index contributed by atoms with van der Waals surface area (Å²) in [5, 5.41) is 0. The van der Waals surface area contributed by atoms with E-state index in [1.165, 1.54) is 19.2 Å². The van der Waals surface area contributed by atoms with Crippen LogP contribution in [0.4, 0.5) is 13.2 Å². The average molecular weight is 375 g/mol. The Morgan fingerprint density at radius 2 is 1.77 bits per heavy atom. The molecule has 1 rings (SSSR count). The van der Waals surface area contributed by atoms with E-state index in [9.17, 15) is 18.0 Å². The number of hydrogen-bond acceptors (Lipinski definition) is 3. The number of methoxy groups -OCH3 is 1. The van der Waals surface area contributed by atoms with Gasteiger partial charge in [-0.25, -0.2) is 0 Å². The van der Waals surface area contributed by atoms with Gasteiger partial charge in [0.15, 0.2) is 11.5 Å². The number of hydrogen-bond donors (Lipinski definition) is 0. The van der Waals surface area contributed by atoms with E-state index in [1.807, 2.05) is 6.92 Å². The summed E-state index contributed by atoms with van der Waals surface area (Å²) in [6.07, 6.45) is -2.62. The summed E-state index contributed by atoms with van der Waals surface area (Å²) >= 11 is 0. The summed E-state index contributed by atoms with van der Waals surface area (Å²) in [6, 6.07) is 4.46. The second kappa shape index (κ2) is 9.14. The van der Waals surface area contributed by atoms with Crippen LogP contribution in [0.2, 0.25) is 0 Å². The lowest BCUT2D eigenvalue weighted by Crippen LogP contribution is -2.43. The molecular formula is C19H28F3NO3. The van der Waals surface area contributed by atoms with Gasteiger partial charge in [-0.05, 0) is 30.0 Å². The SMILES string of the molecule is CCCCOc1ccc(C(=O)N(CC(C)(C)C)CC(F)(F)F)cc1OC. The van der Waals surface area contributed by atoms with Crippen LogP contribution in [0.5, 0.6) is 11.5 Å². The number of nitrogens with zero attached hydrogens (tertiary/aromatic N) is 1. The van der Waals surface area contributed by atoms with Crippen molar-refractivity contribution in [2.75, 3.05) is 26.8 Å². The molecule has 0 saturated carbocycles. The van der Waals surface area contributed by atoms with E-state index in [0.29, 0.717) is 18.1 Å². The summed E-state index contributed by atoms with van der Waals surface area (Å²) < 4.78 is 49.5. The van der Waals surface area contributed by atoms with Gasteiger partial charge in [0, 0.05) is 12.1 Å². The van der Waals surface area contributed by atoms with Crippen LogP contribution in [0.15, 0.2) is 18.2 Å². The van der Waals surface area contributed by atoms with Gasteiger partial charge < -0.3 is 14.4 Å². The number of carbonyl (C=O) groups excluding carboxylic acids is 1. The molecule has 0 aliphatic rings. The van der Waals surface area contributed by atoms with Crippen molar-refractivity contribution in [3.8, 4) is 11.5 Å². The molecule has 0 saturated heterocycles. The number of ether oxygens (including phenoxy) is 2. The lowest BCUT2D eigenvalue weighted by Gasteiger charge is -2.31. The molecule has 0 bridgehead atoms. The Bertz CT molecular complexity index is 579. The van der Waals surface area contributed by atoms with Crippen molar-refractivity contribution in [2.24, 2.45) is 5.41 Å². The number of benzene rings is 1. The van der Waals surface area contributed by atoms with Crippen molar-refractivity contribution >= 4 is 5.91 Å². The van der Waals surface area contributed by atoms with Gasteiger partial charge in [0.05, 0.1) is 13.7 Å². The molecule has 4 nitrogen and oxygen atoms in total. The molecule has 0 N–H and O–H groups in total. The third kappa shape index (κ3) is 7.54. The minimum absolute atomic E-state index is 0.0115. The number of carbonyl (C=O) groups is 1. The van der Waals surface area contributed by atoms with E-state index in [2.05, 4.69) is 0 Å². The molecule has 26 heavy (non-hydrogen) atoms. The maximum Gasteiger partial charge on any atom is 0.406 e. The Balaban J connectivity index is 3.06. The van der Waals surface area contributed by atoms with E-state index in [-0.39, 0.29) is 12.1 Å². The zero-order valence-electron chi connectivity index (χ0n) is 16.1. The lowest BCUT2D eigenvalue weighted by molar-refractivity contribution is -0.142. The standard InChI is InChI=1S/C19H28F3NO3/c1-6-7-10-26-15-9-8-14(11-16(15)25-5)17(24)23(12-18(2,3)4)13-19(20,21)22/h8-9,11H,6-7,10,12-13H2,1-5H3. The Labute approximate surface area is 153 Å². The lowest BCUT2D eigenvalue weighted by atomic mass is 9.95. The van der Waals surface area contributed by atoms with E-state index in [1.54, 1.807) is 26.8 Å². The highest BCUT2D eigenvalue weighted by Gasteiger charge is 2.35. The highest BCUT2D eigenvalue weighted by molar-refractivity contribution is 5.95. The van der Waals surface area contributed by atoms with Gasteiger partial charge in [-0.1, -0.05) is 34.1 Å². The minimum atomic E-state index is -4.46. The summed E-state index contributed by atoms with van der Waals surface area (Å²) in [4.78, 5) is 13.5. The van der Waals surface area contributed by atoms with Crippen molar-refractivity contribution in [3.63, 3.8) is 0 Å². The monoisotopic (exact) mass is 375 g/mol. The van der Waals surface area contributed by atoms with Gasteiger partial charge in [0.2, 0.25) is 0 Å². The highest BCUT2D eigenvalue weighted by Crippen LogP contribution is 2.30. The molecule has 148 valence electrons. The highest BCUT2D eigenvalue weighted by atomic mass is 19.4. The number of unbranched alkanes of at least 4 members (excludes halogenated alkanes) is 1. The van der Waals surface area contributed by atoms with Gasteiger partial charge >= 0.3 is 6.18 Å². The summed E-state index contributed by atoms with van der Waals surface area (Å²) in [5.74, 6) is 0.112. The molecule has 0 heterocycles. The topological polar surface area (TPSA) is 38.8 Å². The van der Waals surface area contributed by atoms with Gasteiger partial charge in [-0.3, -0.25) is 4.79 Å². The molecule has 0 aliphatic heterocycles. The molecule has 1 aromatic rings. The molecule has 0 aliphatic carbocycles. The maximum atomic E-state index is 12.9. The fraction of sp³-hybridized carbons (Fsp3) is 0.632. The Hall–Kier alpha value is -1.92. The predicted octanol–water partition coefficient (Wildman–Crippen LogP) is 4.92. The van der Waals surface area contributed by atoms with E-state index in [0.717, 1.165) is 17.7 Å². The van der Waals surface area contributed by atoms with Crippen LogP contribution in [-0.4, -0.2) is 43.8 Å². The van der Waals surface area contributed by atoms with Crippen LogP contribution in [-0.2, 0) is 0 Å². The number of amides is 1. The van der Waals surface area contributed by atoms with Gasteiger partial charge in [-0.15, -0.1) is 0 Å². The second-order valence-corrected chi connectivity index (χ2v) is 7.40. The predicted molar refractivity (Wildman–Crippen MR) is 94.8 cm³/mol. The van der Waals surface area contributed by atoms with E-state index in [4.69, 9.17) is 9.47 Å². The Morgan fingerprint density at radius 1 is 1.12 bits per heavy atom. The molecule has 0 atom stereocenters. The first-order valence-corrected chi connectivity index (χ1v) is 8.63. The Kier molecular flexibility index (Phi) is 7.78. The molecule has 0 aromatic heterocycles. The summed E-state index contributed by atoms with van der Waals surface area (Å²) in [6.45, 7) is 6.60. The second-order valence-electron chi connectivity index (χ2n) is 7.40. The van der Waals surface area contributed by atoms with Crippen molar-refractivity contribution in [3.05, 3.63) is 23.8 Å². The first-order chi connectivity index (χ1) is 12.0. The molecule has 1 aromatic carbocycles. The zero-order chi connectivity index (χ0) is 20.0. The molecule has 0 unspecified atom stereocenters.